The van der Waals surface area contributed by atoms with Crippen molar-refractivity contribution in [2.45, 2.75) is 26.8 Å². The van der Waals surface area contributed by atoms with Crippen LogP contribution in [0.4, 0.5) is 0 Å². The van der Waals surface area contributed by atoms with E-state index in [0.29, 0.717) is 0 Å². The summed E-state index contributed by atoms with van der Waals surface area (Å²) in [5.41, 5.74) is 2.35. The van der Waals surface area contributed by atoms with E-state index >= 15 is 0 Å². The second kappa shape index (κ2) is 5.38. The Hall–Kier alpha value is -1.37. The molecule has 74 valence electrons. The molecule has 1 atom stereocenters. The Bertz CT molecular complexity index is 318. The van der Waals surface area contributed by atoms with Gasteiger partial charge in [-0.05, 0) is 26.3 Å². The molecule has 0 aromatic heterocycles. The molecule has 0 bridgehead atoms. The number of benzene rings is 1. The lowest BCUT2D eigenvalue weighted by Gasteiger charge is -1.99. The highest BCUT2D eigenvalue weighted by Crippen LogP contribution is 2.03. The van der Waals surface area contributed by atoms with Crippen molar-refractivity contribution in [3.05, 3.63) is 42.0 Å². The Labute approximate surface area is 86.2 Å². The minimum absolute atomic E-state index is 0.264. The summed E-state index contributed by atoms with van der Waals surface area (Å²) in [6.07, 6.45) is 4.22. The van der Waals surface area contributed by atoms with Gasteiger partial charge in [0.25, 0.3) is 0 Å². The van der Waals surface area contributed by atoms with E-state index in [2.05, 4.69) is 36.2 Å². The topological polar surface area (TPSA) is 12.4 Å². The largest absolute Gasteiger partial charge is 0.288 e. The molecule has 0 aliphatic heterocycles. The molecule has 0 N–H and O–H groups in total. The van der Waals surface area contributed by atoms with Crippen molar-refractivity contribution in [2.24, 2.45) is 4.99 Å². The lowest BCUT2D eigenvalue weighted by Crippen LogP contribution is -1.95. The van der Waals surface area contributed by atoms with Crippen LogP contribution in [0.3, 0.4) is 0 Å². The predicted molar refractivity (Wildman–Crippen MR) is 63.7 cm³/mol. The van der Waals surface area contributed by atoms with Crippen LogP contribution in [0.15, 0.2) is 41.4 Å². The Morgan fingerprint density at radius 3 is 2.43 bits per heavy atom. The van der Waals surface area contributed by atoms with Crippen LogP contribution in [0.5, 0.6) is 0 Å². The van der Waals surface area contributed by atoms with Crippen molar-refractivity contribution in [3.63, 3.8) is 0 Å². The summed E-state index contributed by atoms with van der Waals surface area (Å²) in [6.45, 7) is 6.13. The fourth-order valence-corrected chi connectivity index (χ4v) is 1.26. The van der Waals surface area contributed by atoms with Gasteiger partial charge in [0.2, 0.25) is 0 Å². The molecule has 0 saturated heterocycles. The van der Waals surface area contributed by atoms with Crippen molar-refractivity contribution in [1.29, 1.82) is 0 Å². The van der Waals surface area contributed by atoms with Crippen LogP contribution in [0, 0.1) is 0 Å². The first kappa shape index (κ1) is 10.7. The van der Waals surface area contributed by atoms with E-state index in [1.165, 1.54) is 5.56 Å². The van der Waals surface area contributed by atoms with E-state index in [9.17, 15) is 0 Å². The summed E-state index contributed by atoms with van der Waals surface area (Å²) in [4.78, 5) is 4.42. The van der Waals surface area contributed by atoms with Crippen LogP contribution in [0.1, 0.15) is 26.3 Å². The van der Waals surface area contributed by atoms with Crippen molar-refractivity contribution in [3.8, 4) is 0 Å². The highest BCUT2D eigenvalue weighted by Gasteiger charge is 1.91. The normalized spacial score (nSPS) is 12.8. The van der Waals surface area contributed by atoms with Crippen molar-refractivity contribution in [1.82, 2.24) is 0 Å². The molecule has 0 radical (unpaired) electrons. The average molecular weight is 187 g/mol. The first-order chi connectivity index (χ1) is 6.68. The van der Waals surface area contributed by atoms with E-state index < -0.39 is 0 Å². The Morgan fingerprint density at radius 1 is 1.21 bits per heavy atom. The molecule has 0 amide bonds. The quantitative estimate of drug-likeness (QED) is 0.641. The molecule has 1 rings (SSSR count). The molecule has 0 fully saturated rings. The van der Waals surface area contributed by atoms with E-state index in [1.807, 2.05) is 32.0 Å². The first-order valence-electron chi connectivity index (χ1n) is 4.93. The van der Waals surface area contributed by atoms with Crippen LogP contribution in [-0.4, -0.2) is 11.8 Å². The van der Waals surface area contributed by atoms with Gasteiger partial charge in [-0.15, -0.1) is 0 Å². The van der Waals surface area contributed by atoms with Gasteiger partial charge >= 0.3 is 0 Å². The van der Waals surface area contributed by atoms with Gasteiger partial charge in [0.1, 0.15) is 0 Å². The molecule has 0 aliphatic rings. The van der Waals surface area contributed by atoms with Gasteiger partial charge in [0.15, 0.2) is 0 Å². The standard InChI is InChI=1S/C13H17N/c1-11(2)14-12(3)9-10-13-7-5-4-6-8-13/h4-10,12H,1-3H3/b10-9+. The zero-order valence-electron chi connectivity index (χ0n) is 9.07. The molecule has 1 heteroatoms. The molecule has 0 saturated carbocycles. The summed E-state index contributed by atoms with van der Waals surface area (Å²) in [7, 11) is 0. The number of nitrogens with zero attached hydrogens (tertiary/aromatic N) is 1. The predicted octanol–water partition coefficient (Wildman–Crippen LogP) is 3.57. The summed E-state index contributed by atoms with van der Waals surface area (Å²) in [5.74, 6) is 0. The molecule has 0 aliphatic carbocycles. The van der Waals surface area contributed by atoms with Crippen molar-refractivity contribution < 1.29 is 0 Å². The molecular formula is C13H17N. The molecule has 0 spiro atoms. The maximum atomic E-state index is 4.42. The third-order valence-corrected chi connectivity index (χ3v) is 1.83. The van der Waals surface area contributed by atoms with Gasteiger partial charge in [-0.3, -0.25) is 4.99 Å². The average Bonchev–Trinajstić information content (AvgIpc) is 2.15. The van der Waals surface area contributed by atoms with Gasteiger partial charge in [-0.2, -0.15) is 0 Å². The molecule has 0 heterocycles. The summed E-state index contributed by atoms with van der Waals surface area (Å²) in [6, 6.07) is 10.5. The van der Waals surface area contributed by atoms with Crippen LogP contribution < -0.4 is 0 Å². The molecular weight excluding hydrogens is 170 g/mol. The van der Waals surface area contributed by atoms with Crippen LogP contribution in [0.2, 0.25) is 0 Å². The van der Waals surface area contributed by atoms with Crippen LogP contribution in [0.25, 0.3) is 6.08 Å². The Morgan fingerprint density at radius 2 is 1.86 bits per heavy atom. The summed E-state index contributed by atoms with van der Waals surface area (Å²) in [5, 5.41) is 0. The highest BCUT2D eigenvalue weighted by atomic mass is 14.8. The van der Waals surface area contributed by atoms with Gasteiger partial charge in [-0.1, -0.05) is 42.5 Å². The summed E-state index contributed by atoms with van der Waals surface area (Å²) >= 11 is 0. The number of hydrogen-bond donors (Lipinski definition) is 0. The molecule has 14 heavy (non-hydrogen) atoms. The zero-order valence-corrected chi connectivity index (χ0v) is 9.07. The second-order valence-electron chi connectivity index (χ2n) is 3.59. The Kier molecular flexibility index (Phi) is 4.11. The second-order valence-corrected chi connectivity index (χ2v) is 3.59. The van der Waals surface area contributed by atoms with Gasteiger partial charge in [-0.25, -0.2) is 0 Å². The lowest BCUT2D eigenvalue weighted by atomic mass is 10.2. The lowest BCUT2D eigenvalue weighted by molar-refractivity contribution is 0.928. The van der Waals surface area contributed by atoms with Crippen molar-refractivity contribution >= 4 is 11.8 Å². The number of aliphatic imine (C=N–C) groups is 1. The zero-order chi connectivity index (χ0) is 10.4. The molecule has 1 aromatic carbocycles. The molecule has 1 nitrogen and oxygen atoms in total. The fraction of sp³-hybridized carbons (Fsp3) is 0.308. The maximum absolute atomic E-state index is 4.42. The number of rotatable bonds is 3. The molecule has 1 aromatic rings. The van der Waals surface area contributed by atoms with E-state index in [0.717, 1.165) is 5.71 Å². The molecule has 1 unspecified atom stereocenters. The van der Waals surface area contributed by atoms with Crippen LogP contribution in [-0.2, 0) is 0 Å². The monoisotopic (exact) mass is 187 g/mol. The Balaban J connectivity index is 2.61. The highest BCUT2D eigenvalue weighted by molar-refractivity contribution is 5.79. The van der Waals surface area contributed by atoms with Gasteiger partial charge < -0.3 is 0 Å². The van der Waals surface area contributed by atoms with E-state index in [4.69, 9.17) is 0 Å². The number of hydrogen-bond acceptors (Lipinski definition) is 1. The minimum atomic E-state index is 0.264. The van der Waals surface area contributed by atoms with E-state index in [-0.39, 0.29) is 6.04 Å². The van der Waals surface area contributed by atoms with E-state index in [1.54, 1.807) is 0 Å². The maximum Gasteiger partial charge on any atom is 0.0654 e. The third-order valence-electron chi connectivity index (χ3n) is 1.83. The summed E-state index contributed by atoms with van der Waals surface area (Å²) < 4.78 is 0. The first-order valence-corrected chi connectivity index (χ1v) is 4.93. The third kappa shape index (κ3) is 4.04. The van der Waals surface area contributed by atoms with Gasteiger partial charge in [0, 0.05) is 5.71 Å². The van der Waals surface area contributed by atoms with Crippen molar-refractivity contribution in [2.75, 3.05) is 0 Å². The smallest absolute Gasteiger partial charge is 0.0654 e. The minimum Gasteiger partial charge on any atom is -0.288 e. The van der Waals surface area contributed by atoms with Crippen LogP contribution >= 0.6 is 0 Å². The fourth-order valence-electron chi connectivity index (χ4n) is 1.26. The SMILES string of the molecule is CC(C)=NC(C)/C=C/c1ccccc1. The van der Waals surface area contributed by atoms with Gasteiger partial charge in [0.05, 0.1) is 6.04 Å².